The third-order valence-corrected chi connectivity index (χ3v) is 8.50. The Morgan fingerprint density at radius 2 is 1.27 bits per heavy atom. The highest BCUT2D eigenvalue weighted by molar-refractivity contribution is 5.76. The first kappa shape index (κ1) is 24.0. The van der Waals surface area contributed by atoms with Gasteiger partial charge in [-0.25, -0.2) is 0 Å². The van der Waals surface area contributed by atoms with Crippen molar-refractivity contribution in [1.82, 2.24) is 0 Å². The first-order valence-corrected chi connectivity index (χ1v) is 13.4. The van der Waals surface area contributed by atoms with Crippen molar-refractivity contribution in [3.8, 4) is 11.1 Å². The number of esters is 1. The van der Waals surface area contributed by atoms with Crippen LogP contribution in [0.25, 0.3) is 11.1 Å². The van der Waals surface area contributed by atoms with E-state index in [1.165, 1.54) is 60.8 Å². The number of rotatable bonds is 7. The van der Waals surface area contributed by atoms with Gasteiger partial charge in [0.1, 0.15) is 0 Å². The van der Waals surface area contributed by atoms with Crippen LogP contribution in [0.2, 0.25) is 0 Å². The molecule has 0 amide bonds. The summed E-state index contributed by atoms with van der Waals surface area (Å²) in [6.07, 6.45) is 12.2. The first-order chi connectivity index (χ1) is 16.0. The van der Waals surface area contributed by atoms with E-state index in [1.54, 1.807) is 0 Å². The Hall–Kier alpha value is -2.09. The predicted molar refractivity (Wildman–Crippen MR) is 137 cm³/mol. The predicted octanol–water partition coefficient (Wildman–Crippen LogP) is 8.65. The molecule has 2 fully saturated rings. The van der Waals surface area contributed by atoms with Crippen molar-refractivity contribution < 1.29 is 9.53 Å². The molecule has 2 saturated carbocycles. The van der Waals surface area contributed by atoms with Gasteiger partial charge >= 0.3 is 5.97 Å². The molecule has 2 aromatic carbocycles. The van der Waals surface area contributed by atoms with Crippen LogP contribution in [0.3, 0.4) is 0 Å². The van der Waals surface area contributed by atoms with Gasteiger partial charge in [-0.05, 0) is 105 Å². The smallest absolute Gasteiger partial charge is 0.311 e. The zero-order chi connectivity index (χ0) is 23.3. The van der Waals surface area contributed by atoms with Crippen LogP contribution >= 0.6 is 0 Å². The molecule has 0 N–H and O–H groups in total. The van der Waals surface area contributed by atoms with Crippen LogP contribution in [0, 0.1) is 11.3 Å². The molecule has 0 radical (unpaired) electrons. The Labute approximate surface area is 201 Å². The molecular formula is C31H42O2. The Balaban J connectivity index is 1.34. The highest BCUT2D eigenvalue weighted by Gasteiger charge is 2.39. The van der Waals surface area contributed by atoms with Crippen LogP contribution in [0.15, 0.2) is 48.5 Å². The molecule has 0 aliphatic heterocycles. The summed E-state index contributed by atoms with van der Waals surface area (Å²) in [6.45, 7) is 6.75. The molecule has 0 saturated heterocycles. The van der Waals surface area contributed by atoms with Crippen LogP contribution in [0.4, 0.5) is 0 Å². The maximum Gasteiger partial charge on any atom is 0.311 e. The first-order valence-electron chi connectivity index (χ1n) is 13.4. The second-order valence-electron chi connectivity index (χ2n) is 10.8. The van der Waals surface area contributed by atoms with Crippen LogP contribution < -0.4 is 0 Å². The lowest BCUT2D eigenvalue weighted by molar-refractivity contribution is -0.156. The molecule has 2 heteroatoms. The number of ether oxygens (including phenoxy) is 1. The van der Waals surface area contributed by atoms with E-state index in [9.17, 15) is 4.79 Å². The molecule has 0 aromatic heterocycles. The van der Waals surface area contributed by atoms with Crippen molar-refractivity contribution in [1.29, 1.82) is 0 Å². The molecule has 33 heavy (non-hydrogen) atoms. The van der Waals surface area contributed by atoms with E-state index in [-0.39, 0.29) is 11.4 Å². The molecular weight excluding hydrogens is 404 g/mol. The average Bonchev–Trinajstić information content (AvgIpc) is 2.86. The Morgan fingerprint density at radius 1 is 0.788 bits per heavy atom. The number of hydrogen-bond donors (Lipinski definition) is 0. The summed E-state index contributed by atoms with van der Waals surface area (Å²) in [7, 11) is 0. The van der Waals surface area contributed by atoms with Gasteiger partial charge in [-0.2, -0.15) is 0 Å². The second-order valence-corrected chi connectivity index (χ2v) is 10.8. The molecule has 2 nitrogen and oxygen atoms in total. The molecule has 0 heterocycles. The second kappa shape index (κ2) is 10.9. The molecule has 4 rings (SSSR count). The van der Waals surface area contributed by atoms with Gasteiger partial charge in [-0.3, -0.25) is 4.79 Å². The van der Waals surface area contributed by atoms with Gasteiger partial charge in [0.15, 0.2) is 0 Å². The van der Waals surface area contributed by atoms with E-state index in [2.05, 4.69) is 62.4 Å². The fourth-order valence-corrected chi connectivity index (χ4v) is 6.19. The van der Waals surface area contributed by atoms with Gasteiger partial charge in [0, 0.05) is 0 Å². The minimum absolute atomic E-state index is 0.0174. The van der Waals surface area contributed by atoms with Gasteiger partial charge < -0.3 is 4.74 Å². The average molecular weight is 447 g/mol. The third-order valence-electron chi connectivity index (χ3n) is 8.50. The largest absolute Gasteiger partial charge is 0.466 e. The lowest BCUT2D eigenvalue weighted by Gasteiger charge is -2.35. The van der Waals surface area contributed by atoms with E-state index in [0.29, 0.717) is 12.5 Å². The quantitative estimate of drug-likeness (QED) is 0.398. The summed E-state index contributed by atoms with van der Waals surface area (Å²) in [5.74, 6) is 2.25. The van der Waals surface area contributed by atoms with Gasteiger partial charge in [0.2, 0.25) is 0 Å². The van der Waals surface area contributed by atoms with Crippen molar-refractivity contribution in [3.05, 3.63) is 59.7 Å². The molecule has 2 aliphatic carbocycles. The zero-order valence-electron chi connectivity index (χ0n) is 20.9. The summed E-state index contributed by atoms with van der Waals surface area (Å²) in [6, 6.07) is 18.5. The van der Waals surface area contributed by atoms with Gasteiger partial charge in [0.25, 0.3) is 0 Å². The van der Waals surface area contributed by atoms with E-state index in [4.69, 9.17) is 4.74 Å². The van der Waals surface area contributed by atoms with Crippen molar-refractivity contribution in [3.63, 3.8) is 0 Å². The molecule has 2 aromatic rings. The lowest BCUT2D eigenvalue weighted by atomic mass is 9.70. The Morgan fingerprint density at radius 3 is 1.73 bits per heavy atom. The fourth-order valence-electron chi connectivity index (χ4n) is 6.19. The van der Waals surface area contributed by atoms with Crippen molar-refractivity contribution in [2.75, 3.05) is 6.61 Å². The summed E-state index contributed by atoms with van der Waals surface area (Å²) in [5.41, 5.74) is 5.23. The Kier molecular flexibility index (Phi) is 7.94. The highest BCUT2D eigenvalue weighted by Crippen LogP contribution is 2.44. The van der Waals surface area contributed by atoms with Crippen molar-refractivity contribution in [2.45, 2.75) is 96.8 Å². The normalized spacial score (nSPS) is 27.8. The number of benzene rings is 2. The minimum atomic E-state index is -0.302. The number of carbonyl (C=O) groups excluding carboxylic acids is 1. The lowest BCUT2D eigenvalue weighted by Crippen LogP contribution is -2.33. The standard InChI is InChI=1S/C31H42O2/c1-4-6-23-7-9-24(10-8-23)25-11-13-26(14-12-25)27-15-17-28(18-16-27)29-19-21-31(3,22-20-29)30(32)33-5-2/h11-18,23-24,29H,4-10,19-22H2,1-3H3/t23-,24-,29?,31?. The van der Waals surface area contributed by atoms with Crippen LogP contribution in [-0.2, 0) is 9.53 Å². The Bertz CT molecular complexity index is 880. The number of carbonyl (C=O) groups is 1. The van der Waals surface area contributed by atoms with Gasteiger partial charge in [0.05, 0.1) is 12.0 Å². The maximum absolute atomic E-state index is 12.3. The minimum Gasteiger partial charge on any atom is -0.466 e. The zero-order valence-corrected chi connectivity index (χ0v) is 20.9. The van der Waals surface area contributed by atoms with Crippen molar-refractivity contribution in [2.24, 2.45) is 11.3 Å². The van der Waals surface area contributed by atoms with Crippen LogP contribution in [0.1, 0.15) is 108 Å². The molecule has 0 atom stereocenters. The van der Waals surface area contributed by atoms with Crippen molar-refractivity contribution >= 4 is 5.97 Å². The third kappa shape index (κ3) is 5.70. The fraction of sp³-hybridized carbons (Fsp3) is 0.581. The summed E-state index contributed by atoms with van der Waals surface area (Å²) in [4.78, 5) is 12.3. The summed E-state index contributed by atoms with van der Waals surface area (Å²) in [5, 5.41) is 0. The molecule has 0 spiro atoms. The molecule has 0 unspecified atom stereocenters. The molecule has 2 aliphatic rings. The maximum atomic E-state index is 12.3. The highest BCUT2D eigenvalue weighted by atomic mass is 16.5. The van der Waals surface area contributed by atoms with E-state index >= 15 is 0 Å². The topological polar surface area (TPSA) is 26.3 Å². The van der Waals surface area contributed by atoms with E-state index in [1.807, 2.05) is 6.92 Å². The van der Waals surface area contributed by atoms with Crippen LogP contribution in [-0.4, -0.2) is 12.6 Å². The molecule has 0 bridgehead atoms. The summed E-state index contributed by atoms with van der Waals surface area (Å²) >= 11 is 0. The molecule has 178 valence electrons. The van der Waals surface area contributed by atoms with Gasteiger partial charge in [-0.1, -0.05) is 68.3 Å². The SMILES string of the molecule is CCC[C@H]1CC[C@H](c2ccc(-c3ccc(C4CCC(C)(C(=O)OCC)CC4)cc3)cc2)CC1. The monoisotopic (exact) mass is 446 g/mol. The van der Waals surface area contributed by atoms with Crippen LogP contribution in [0.5, 0.6) is 0 Å². The van der Waals surface area contributed by atoms with Gasteiger partial charge in [-0.15, -0.1) is 0 Å². The van der Waals surface area contributed by atoms with E-state index in [0.717, 1.165) is 37.5 Å². The van der Waals surface area contributed by atoms with E-state index < -0.39 is 0 Å². The summed E-state index contributed by atoms with van der Waals surface area (Å²) < 4.78 is 5.31. The number of hydrogen-bond acceptors (Lipinski definition) is 2.